The van der Waals surface area contributed by atoms with Crippen LogP contribution < -0.4 is 10.1 Å². The van der Waals surface area contributed by atoms with Crippen LogP contribution in [0.15, 0.2) is 59.1 Å². The fourth-order valence-electron chi connectivity index (χ4n) is 4.14. The van der Waals surface area contributed by atoms with Gasteiger partial charge in [-0.15, -0.1) is 0 Å². The minimum absolute atomic E-state index is 0.0490. The highest BCUT2D eigenvalue weighted by molar-refractivity contribution is 6.00. The van der Waals surface area contributed by atoms with Crippen molar-refractivity contribution >= 4 is 5.91 Å². The summed E-state index contributed by atoms with van der Waals surface area (Å²) in [4.78, 5) is 15.6. The molecule has 30 heavy (non-hydrogen) atoms. The summed E-state index contributed by atoms with van der Waals surface area (Å²) >= 11 is 0. The number of likely N-dealkylation sites (tertiary alicyclic amines) is 1. The second-order valence-electron chi connectivity index (χ2n) is 7.54. The van der Waals surface area contributed by atoms with Crippen LogP contribution in [0.4, 0.5) is 0 Å². The summed E-state index contributed by atoms with van der Waals surface area (Å²) in [7, 11) is 1.69. The lowest BCUT2D eigenvalue weighted by Gasteiger charge is -2.29. The number of methoxy groups -OCH3 is 1. The Balaban J connectivity index is 1.58. The van der Waals surface area contributed by atoms with E-state index in [4.69, 9.17) is 9.26 Å². The van der Waals surface area contributed by atoms with Crippen molar-refractivity contribution in [2.75, 3.05) is 26.7 Å². The summed E-state index contributed by atoms with van der Waals surface area (Å²) in [5, 5.41) is 7.26. The number of nitrogens with zero attached hydrogens (tertiary/aromatic N) is 2. The van der Waals surface area contributed by atoms with E-state index in [1.54, 1.807) is 14.0 Å². The van der Waals surface area contributed by atoms with Crippen LogP contribution in [0.3, 0.4) is 0 Å². The van der Waals surface area contributed by atoms with Crippen molar-refractivity contribution in [3.05, 3.63) is 71.5 Å². The van der Waals surface area contributed by atoms with Gasteiger partial charge in [-0.2, -0.15) is 0 Å². The van der Waals surface area contributed by atoms with E-state index in [2.05, 4.69) is 21.4 Å². The van der Waals surface area contributed by atoms with E-state index in [1.807, 2.05) is 48.5 Å². The first-order chi connectivity index (χ1) is 14.7. The minimum Gasteiger partial charge on any atom is -0.496 e. The third-order valence-electron chi connectivity index (χ3n) is 5.67. The molecule has 6 nitrogen and oxygen atoms in total. The summed E-state index contributed by atoms with van der Waals surface area (Å²) in [5.74, 6) is 1.18. The van der Waals surface area contributed by atoms with Crippen molar-refractivity contribution in [2.24, 2.45) is 0 Å². The molecule has 1 aromatic heterocycles. The Morgan fingerprint density at radius 2 is 1.83 bits per heavy atom. The average Bonchev–Trinajstić information content (AvgIpc) is 3.45. The fraction of sp³-hybridized carbons (Fsp3) is 0.333. The molecule has 1 fully saturated rings. The van der Waals surface area contributed by atoms with Crippen molar-refractivity contribution in [1.29, 1.82) is 0 Å². The first kappa shape index (κ1) is 20.2. The van der Waals surface area contributed by atoms with Gasteiger partial charge in [-0.3, -0.25) is 9.69 Å². The summed E-state index contributed by atoms with van der Waals surface area (Å²) in [6.45, 7) is 4.28. The second kappa shape index (κ2) is 9.13. The molecule has 6 heteroatoms. The van der Waals surface area contributed by atoms with Crippen LogP contribution in [0.5, 0.6) is 5.75 Å². The zero-order valence-corrected chi connectivity index (χ0v) is 17.4. The largest absolute Gasteiger partial charge is 0.496 e. The van der Waals surface area contributed by atoms with E-state index < -0.39 is 0 Å². The molecule has 0 saturated carbocycles. The molecule has 156 valence electrons. The number of benzene rings is 2. The molecule has 4 rings (SSSR count). The number of aryl methyl sites for hydroxylation is 1. The highest BCUT2D eigenvalue weighted by atomic mass is 16.5. The number of para-hydroxylation sites is 1. The molecule has 1 unspecified atom stereocenters. The molecule has 2 heterocycles. The molecule has 2 aromatic carbocycles. The van der Waals surface area contributed by atoms with Gasteiger partial charge in [0.15, 0.2) is 0 Å². The lowest BCUT2D eigenvalue weighted by molar-refractivity contribution is 0.0936. The van der Waals surface area contributed by atoms with Gasteiger partial charge < -0.3 is 14.6 Å². The third-order valence-corrected chi connectivity index (χ3v) is 5.67. The Morgan fingerprint density at radius 1 is 1.13 bits per heavy atom. The van der Waals surface area contributed by atoms with Gasteiger partial charge in [0.25, 0.3) is 5.91 Å². The molecule has 0 radical (unpaired) electrons. The SMILES string of the molecule is COc1ccccc1C(CNC(=O)c1c(-c2ccccc2)noc1C)N1CCCC1. The van der Waals surface area contributed by atoms with E-state index in [0.717, 1.165) is 30.0 Å². The Labute approximate surface area is 176 Å². The van der Waals surface area contributed by atoms with Gasteiger partial charge in [0, 0.05) is 17.7 Å². The molecule has 3 aromatic rings. The van der Waals surface area contributed by atoms with Crippen molar-refractivity contribution in [1.82, 2.24) is 15.4 Å². The number of ether oxygens (including phenoxy) is 1. The lowest BCUT2D eigenvalue weighted by atomic mass is 10.0. The average molecular weight is 405 g/mol. The normalized spacial score (nSPS) is 15.1. The molecule has 1 atom stereocenters. The monoisotopic (exact) mass is 405 g/mol. The predicted octanol–water partition coefficient (Wildman–Crippen LogP) is 4.23. The Hall–Kier alpha value is -3.12. The number of aromatic nitrogens is 1. The summed E-state index contributed by atoms with van der Waals surface area (Å²) in [6.07, 6.45) is 2.34. The topological polar surface area (TPSA) is 67.6 Å². The van der Waals surface area contributed by atoms with Gasteiger partial charge >= 0.3 is 0 Å². The van der Waals surface area contributed by atoms with Crippen LogP contribution in [0, 0.1) is 6.92 Å². The Kier molecular flexibility index (Phi) is 6.14. The molecule has 0 bridgehead atoms. The molecule has 0 spiro atoms. The van der Waals surface area contributed by atoms with Crippen molar-refractivity contribution < 1.29 is 14.1 Å². The molecule has 1 aliphatic heterocycles. The zero-order valence-electron chi connectivity index (χ0n) is 17.4. The first-order valence-electron chi connectivity index (χ1n) is 10.4. The lowest BCUT2D eigenvalue weighted by Crippen LogP contribution is -2.37. The summed E-state index contributed by atoms with van der Waals surface area (Å²) in [5.41, 5.74) is 3.01. The molecule has 1 aliphatic rings. The van der Waals surface area contributed by atoms with E-state index in [-0.39, 0.29) is 11.9 Å². The van der Waals surface area contributed by atoms with Crippen molar-refractivity contribution in [3.8, 4) is 17.0 Å². The maximum atomic E-state index is 13.2. The predicted molar refractivity (Wildman–Crippen MR) is 116 cm³/mol. The third kappa shape index (κ3) is 4.09. The molecular weight excluding hydrogens is 378 g/mol. The van der Waals surface area contributed by atoms with E-state index >= 15 is 0 Å². The van der Waals surface area contributed by atoms with Crippen molar-refractivity contribution in [2.45, 2.75) is 25.8 Å². The Morgan fingerprint density at radius 3 is 2.57 bits per heavy atom. The van der Waals surface area contributed by atoms with E-state index in [1.165, 1.54) is 12.8 Å². The molecule has 0 aliphatic carbocycles. The van der Waals surface area contributed by atoms with Gasteiger partial charge in [-0.05, 0) is 38.9 Å². The molecule has 1 saturated heterocycles. The van der Waals surface area contributed by atoms with Gasteiger partial charge in [0.1, 0.15) is 22.8 Å². The van der Waals surface area contributed by atoms with Gasteiger partial charge in [-0.25, -0.2) is 0 Å². The Bertz CT molecular complexity index is 994. The fourth-order valence-corrected chi connectivity index (χ4v) is 4.14. The van der Waals surface area contributed by atoms with Crippen LogP contribution in [0.1, 0.15) is 40.6 Å². The molecule has 1 amide bonds. The maximum absolute atomic E-state index is 13.2. The first-order valence-corrected chi connectivity index (χ1v) is 10.4. The van der Waals surface area contributed by atoms with E-state index in [0.29, 0.717) is 23.6 Å². The smallest absolute Gasteiger partial charge is 0.257 e. The standard InChI is InChI=1S/C24H27N3O3/c1-17-22(23(26-30-17)18-10-4-3-5-11-18)24(28)25-16-20(27-14-8-9-15-27)19-12-6-7-13-21(19)29-2/h3-7,10-13,20H,8-9,14-16H2,1-2H3,(H,25,28). The quantitative estimate of drug-likeness (QED) is 0.637. The van der Waals surface area contributed by atoms with Crippen LogP contribution >= 0.6 is 0 Å². The number of nitrogens with one attached hydrogen (secondary N) is 1. The van der Waals surface area contributed by atoms with E-state index in [9.17, 15) is 4.79 Å². The van der Waals surface area contributed by atoms with Crippen LogP contribution in [-0.4, -0.2) is 42.7 Å². The van der Waals surface area contributed by atoms with Crippen molar-refractivity contribution in [3.63, 3.8) is 0 Å². The van der Waals surface area contributed by atoms with Crippen LogP contribution in [0.25, 0.3) is 11.3 Å². The highest BCUT2D eigenvalue weighted by Crippen LogP contribution is 2.31. The van der Waals surface area contributed by atoms with Gasteiger partial charge in [-0.1, -0.05) is 53.7 Å². The highest BCUT2D eigenvalue weighted by Gasteiger charge is 2.28. The number of carbonyl (C=O) groups is 1. The maximum Gasteiger partial charge on any atom is 0.257 e. The van der Waals surface area contributed by atoms with Crippen LogP contribution in [-0.2, 0) is 0 Å². The minimum atomic E-state index is -0.174. The van der Waals surface area contributed by atoms with Gasteiger partial charge in [0.2, 0.25) is 0 Å². The summed E-state index contributed by atoms with van der Waals surface area (Å²) < 4.78 is 11.0. The number of amides is 1. The van der Waals surface area contributed by atoms with Gasteiger partial charge in [0.05, 0.1) is 13.2 Å². The molecule has 1 N–H and O–H groups in total. The summed E-state index contributed by atoms with van der Waals surface area (Å²) in [6, 6.07) is 17.7. The second-order valence-corrected chi connectivity index (χ2v) is 7.54. The number of rotatable bonds is 7. The number of hydrogen-bond donors (Lipinski definition) is 1. The number of carbonyl (C=O) groups excluding carboxylic acids is 1. The number of hydrogen-bond acceptors (Lipinski definition) is 5. The molecular formula is C24H27N3O3. The zero-order chi connectivity index (χ0) is 20.9. The van der Waals surface area contributed by atoms with Crippen LogP contribution in [0.2, 0.25) is 0 Å².